The van der Waals surface area contributed by atoms with Crippen LogP contribution in [0.3, 0.4) is 0 Å². The van der Waals surface area contributed by atoms with Crippen molar-refractivity contribution >= 4 is 28.8 Å². The fourth-order valence-electron chi connectivity index (χ4n) is 3.72. The molecule has 1 heterocycles. The maximum Gasteiger partial charge on any atom is 0.223 e. The van der Waals surface area contributed by atoms with Crippen LogP contribution in [0.4, 0.5) is 4.39 Å². The van der Waals surface area contributed by atoms with Crippen LogP contribution in [0.1, 0.15) is 99.1 Å². The normalized spacial score (nSPS) is 12.9. The third-order valence-corrected chi connectivity index (χ3v) is 5.58. The van der Waals surface area contributed by atoms with E-state index in [-0.39, 0.29) is 17.8 Å². The van der Waals surface area contributed by atoms with Gasteiger partial charge in [0.1, 0.15) is 5.82 Å². The zero-order chi connectivity index (χ0) is 28.8. The van der Waals surface area contributed by atoms with Crippen LogP contribution in [-0.4, -0.2) is 35.7 Å². The number of likely N-dealkylation sites (tertiary alicyclic amines) is 1. The van der Waals surface area contributed by atoms with Gasteiger partial charge in [0.25, 0.3) is 0 Å². The number of hydrogen-bond acceptors (Lipinski definition) is 2. The topological polar surface area (TPSA) is 32.7 Å². The van der Waals surface area contributed by atoms with Gasteiger partial charge in [0, 0.05) is 35.8 Å². The number of nitrogens with zero attached hydrogens (tertiary/aromatic N) is 2. The van der Waals surface area contributed by atoms with Gasteiger partial charge >= 0.3 is 0 Å². The van der Waals surface area contributed by atoms with E-state index in [0.29, 0.717) is 18.5 Å². The SMILES string of the molecule is C=C(c1ccc(Cl)cc1)C(CCC)N1CCCC1=O.CC.CC.CC.CCN=C(C)c1ccccc1F. The molecule has 2 aromatic rings. The summed E-state index contributed by atoms with van der Waals surface area (Å²) in [6.07, 6.45) is 3.65. The molecule has 0 aromatic heterocycles. The van der Waals surface area contributed by atoms with Crippen LogP contribution in [0.25, 0.3) is 5.57 Å². The zero-order valence-corrected chi connectivity index (χ0v) is 25.5. The predicted octanol–water partition coefficient (Wildman–Crippen LogP) is 9.88. The summed E-state index contributed by atoms with van der Waals surface area (Å²) in [6.45, 7) is 23.7. The van der Waals surface area contributed by atoms with Crippen molar-refractivity contribution in [2.75, 3.05) is 13.1 Å². The third-order valence-electron chi connectivity index (χ3n) is 5.32. The molecule has 37 heavy (non-hydrogen) atoms. The molecule has 1 fully saturated rings. The first-order valence-corrected chi connectivity index (χ1v) is 14.3. The van der Waals surface area contributed by atoms with Crippen LogP contribution < -0.4 is 0 Å². The van der Waals surface area contributed by atoms with E-state index < -0.39 is 0 Å². The highest BCUT2D eigenvalue weighted by molar-refractivity contribution is 6.30. The predicted molar refractivity (Wildman–Crippen MR) is 163 cm³/mol. The van der Waals surface area contributed by atoms with Gasteiger partial charge in [-0.05, 0) is 56.0 Å². The first-order valence-electron chi connectivity index (χ1n) is 13.9. The number of benzene rings is 2. The lowest BCUT2D eigenvalue weighted by atomic mass is 9.95. The van der Waals surface area contributed by atoms with Gasteiger partial charge in [-0.2, -0.15) is 0 Å². The summed E-state index contributed by atoms with van der Waals surface area (Å²) in [7, 11) is 0. The molecular weight excluding hydrogens is 483 g/mol. The van der Waals surface area contributed by atoms with E-state index in [4.69, 9.17) is 11.6 Å². The Morgan fingerprint density at radius 3 is 2.05 bits per heavy atom. The van der Waals surface area contributed by atoms with Gasteiger partial charge in [-0.25, -0.2) is 4.39 Å². The highest BCUT2D eigenvalue weighted by Crippen LogP contribution is 2.28. The second-order valence-electron chi connectivity index (χ2n) is 7.57. The molecule has 3 rings (SSSR count). The Morgan fingerprint density at radius 2 is 1.59 bits per heavy atom. The van der Waals surface area contributed by atoms with Crippen LogP contribution in [0.2, 0.25) is 5.02 Å². The van der Waals surface area contributed by atoms with Gasteiger partial charge in [0.05, 0.1) is 6.04 Å². The molecule has 0 saturated carbocycles. The molecule has 0 N–H and O–H groups in total. The Labute approximate surface area is 231 Å². The van der Waals surface area contributed by atoms with E-state index in [1.165, 1.54) is 6.07 Å². The minimum Gasteiger partial charge on any atom is -0.336 e. The molecule has 5 heteroatoms. The van der Waals surface area contributed by atoms with Crippen molar-refractivity contribution in [2.24, 2.45) is 4.99 Å². The molecule has 1 unspecified atom stereocenters. The first-order chi connectivity index (χ1) is 17.9. The average molecular weight is 533 g/mol. The summed E-state index contributed by atoms with van der Waals surface area (Å²) in [6, 6.07) is 14.5. The minimum atomic E-state index is -0.202. The number of hydrogen-bond donors (Lipinski definition) is 0. The van der Waals surface area contributed by atoms with E-state index in [1.54, 1.807) is 12.1 Å². The van der Waals surface area contributed by atoms with Gasteiger partial charge in [0.15, 0.2) is 0 Å². The molecule has 1 amide bonds. The summed E-state index contributed by atoms with van der Waals surface area (Å²) in [4.78, 5) is 18.1. The lowest BCUT2D eigenvalue weighted by Gasteiger charge is -2.29. The zero-order valence-electron chi connectivity index (χ0n) is 24.7. The van der Waals surface area contributed by atoms with E-state index in [0.717, 1.165) is 47.7 Å². The minimum absolute atomic E-state index is 0.126. The van der Waals surface area contributed by atoms with E-state index in [2.05, 4.69) is 18.5 Å². The molecular formula is C32H50ClFN2O. The molecule has 0 radical (unpaired) electrons. The standard InChI is InChI=1S/C16H20ClNO.C10H12FN.3C2H6/c1-3-5-15(18-11-4-6-16(18)19)12(2)13-7-9-14(17)10-8-13;1-3-12-8(2)9-6-4-5-7-10(9)11;3*1-2/h7-10,15H,2-6,11H2,1H3;4-7H,3H2,1-2H3;3*1-2H3. The number of aliphatic imine (C=N–C) groups is 1. The van der Waals surface area contributed by atoms with Gasteiger partial charge in [-0.15, -0.1) is 0 Å². The lowest BCUT2D eigenvalue weighted by Crippen LogP contribution is -2.36. The van der Waals surface area contributed by atoms with Gasteiger partial charge < -0.3 is 4.90 Å². The molecule has 1 atom stereocenters. The van der Waals surface area contributed by atoms with Crippen molar-refractivity contribution in [2.45, 2.75) is 94.0 Å². The molecule has 1 aliphatic heterocycles. The first kappa shape index (κ1) is 36.7. The molecule has 2 aromatic carbocycles. The number of carbonyl (C=O) groups is 1. The van der Waals surface area contributed by atoms with Crippen molar-refractivity contribution in [3.63, 3.8) is 0 Å². The molecule has 1 saturated heterocycles. The van der Waals surface area contributed by atoms with Crippen molar-refractivity contribution < 1.29 is 9.18 Å². The Hall–Kier alpha value is -2.46. The molecule has 0 bridgehead atoms. The summed E-state index contributed by atoms with van der Waals surface area (Å²) >= 11 is 5.91. The van der Waals surface area contributed by atoms with Crippen molar-refractivity contribution in [1.82, 2.24) is 4.90 Å². The number of rotatable bonds is 7. The second-order valence-corrected chi connectivity index (χ2v) is 8.00. The fraction of sp³-hybridized carbons (Fsp3) is 0.500. The van der Waals surface area contributed by atoms with Gasteiger partial charge in [-0.1, -0.05) is 103 Å². The number of halogens is 2. The highest BCUT2D eigenvalue weighted by atomic mass is 35.5. The smallest absolute Gasteiger partial charge is 0.223 e. The maximum atomic E-state index is 13.1. The highest BCUT2D eigenvalue weighted by Gasteiger charge is 2.29. The van der Waals surface area contributed by atoms with E-state index >= 15 is 0 Å². The molecule has 0 aliphatic carbocycles. The second kappa shape index (κ2) is 22.7. The van der Waals surface area contributed by atoms with Crippen molar-refractivity contribution in [1.29, 1.82) is 0 Å². The number of carbonyl (C=O) groups excluding carboxylic acids is 1. The summed E-state index contributed by atoms with van der Waals surface area (Å²) in [5, 5.41) is 0.723. The van der Waals surface area contributed by atoms with Gasteiger partial charge in [0.2, 0.25) is 5.91 Å². The summed E-state index contributed by atoms with van der Waals surface area (Å²) < 4.78 is 13.1. The van der Waals surface area contributed by atoms with Crippen LogP contribution in [0.15, 0.2) is 60.1 Å². The molecule has 1 aliphatic rings. The Balaban J connectivity index is 0. The Kier molecular flexibility index (Phi) is 22.5. The monoisotopic (exact) mass is 532 g/mol. The Morgan fingerprint density at radius 1 is 1.03 bits per heavy atom. The third kappa shape index (κ3) is 13.1. The van der Waals surface area contributed by atoms with Crippen LogP contribution in [0, 0.1) is 5.82 Å². The fourth-order valence-corrected chi connectivity index (χ4v) is 3.85. The van der Waals surface area contributed by atoms with E-state index in [9.17, 15) is 9.18 Å². The average Bonchev–Trinajstić information content (AvgIpc) is 3.37. The van der Waals surface area contributed by atoms with Gasteiger partial charge in [-0.3, -0.25) is 9.79 Å². The summed E-state index contributed by atoms with van der Waals surface area (Å²) in [5.74, 6) is 0.0563. The van der Waals surface area contributed by atoms with Crippen LogP contribution in [-0.2, 0) is 4.79 Å². The quantitative estimate of drug-likeness (QED) is 0.326. The molecule has 3 nitrogen and oxygen atoms in total. The lowest BCUT2D eigenvalue weighted by molar-refractivity contribution is -0.128. The largest absolute Gasteiger partial charge is 0.336 e. The van der Waals surface area contributed by atoms with Crippen LogP contribution in [0.5, 0.6) is 0 Å². The summed E-state index contributed by atoms with van der Waals surface area (Å²) in [5.41, 5.74) is 3.45. The molecule has 208 valence electrons. The number of amides is 1. The maximum absolute atomic E-state index is 13.1. The van der Waals surface area contributed by atoms with Crippen LogP contribution >= 0.6 is 11.6 Å². The molecule has 0 spiro atoms. The van der Waals surface area contributed by atoms with Crippen molar-refractivity contribution in [3.8, 4) is 0 Å². The van der Waals surface area contributed by atoms with E-state index in [1.807, 2.05) is 90.6 Å². The Bertz CT molecular complexity index is 909. The van der Waals surface area contributed by atoms with Crippen molar-refractivity contribution in [3.05, 3.63) is 77.1 Å².